The van der Waals surface area contributed by atoms with Crippen molar-refractivity contribution in [1.82, 2.24) is 9.47 Å². The Kier molecular flexibility index (Phi) is 7.07. The molecule has 0 N–H and O–H groups in total. The van der Waals surface area contributed by atoms with Gasteiger partial charge in [0.1, 0.15) is 5.82 Å². The fourth-order valence-electron chi connectivity index (χ4n) is 3.21. The number of aromatic nitrogens is 1. The summed E-state index contributed by atoms with van der Waals surface area (Å²) in [7, 11) is 0. The number of hydrogen-bond acceptors (Lipinski definition) is 4. The summed E-state index contributed by atoms with van der Waals surface area (Å²) in [5, 5.41) is 0. The molecule has 0 atom stereocenters. The van der Waals surface area contributed by atoms with E-state index in [2.05, 4.69) is 4.99 Å². The molecule has 2 aromatic rings. The van der Waals surface area contributed by atoms with Crippen molar-refractivity contribution in [1.29, 1.82) is 0 Å². The van der Waals surface area contributed by atoms with Crippen LogP contribution in [0.5, 0.6) is 0 Å². The molecule has 5 nitrogen and oxygen atoms in total. The number of likely N-dealkylation sites (tertiary alicyclic amines) is 1. The molecule has 1 aromatic carbocycles. The zero-order chi connectivity index (χ0) is 19.2. The Balaban J connectivity index is 1.61. The van der Waals surface area contributed by atoms with Crippen LogP contribution < -0.4 is 4.80 Å². The zero-order valence-corrected chi connectivity index (χ0v) is 17.1. The highest BCUT2D eigenvalue weighted by Crippen LogP contribution is 2.18. The van der Waals surface area contributed by atoms with Crippen molar-refractivity contribution in [2.75, 3.05) is 24.6 Å². The molecule has 27 heavy (non-hydrogen) atoms. The lowest BCUT2D eigenvalue weighted by Gasteiger charge is -2.19. The summed E-state index contributed by atoms with van der Waals surface area (Å²) in [6.07, 6.45) is 4.50. The smallest absolute Gasteiger partial charge is 0.258 e. The van der Waals surface area contributed by atoms with Gasteiger partial charge in [-0.05, 0) is 38.0 Å². The molecule has 0 spiro atoms. The van der Waals surface area contributed by atoms with E-state index in [1.54, 1.807) is 6.07 Å². The normalized spacial score (nSPS) is 15.9. The second-order valence-electron chi connectivity index (χ2n) is 6.53. The molecule has 146 valence electrons. The van der Waals surface area contributed by atoms with E-state index in [9.17, 15) is 14.0 Å². The third kappa shape index (κ3) is 5.19. The number of fused-ring (bicyclic) bond motifs is 1. The Bertz CT molecular complexity index is 883. The van der Waals surface area contributed by atoms with Gasteiger partial charge < -0.3 is 9.47 Å². The number of nitrogens with zero attached hydrogens (tertiary/aromatic N) is 3. The Morgan fingerprint density at radius 1 is 1.19 bits per heavy atom. The average molecular weight is 410 g/mol. The maximum Gasteiger partial charge on any atom is 0.258 e. The van der Waals surface area contributed by atoms with Crippen molar-refractivity contribution >= 4 is 45.1 Å². The van der Waals surface area contributed by atoms with Crippen LogP contribution >= 0.6 is 23.1 Å². The van der Waals surface area contributed by atoms with E-state index in [4.69, 9.17) is 0 Å². The topological polar surface area (TPSA) is 54.7 Å². The number of thioether (sulfide) groups is 1. The SMILES string of the molecule is CCn1c(=NC(=O)CSCC(=O)N2CCCCCC2)sc2cc(F)ccc21. The van der Waals surface area contributed by atoms with Crippen LogP contribution in [0.25, 0.3) is 10.2 Å². The molecule has 1 fully saturated rings. The Labute approximate surface area is 166 Å². The van der Waals surface area contributed by atoms with Crippen molar-refractivity contribution in [3.05, 3.63) is 28.8 Å². The number of carbonyl (C=O) groups excluding carboxylic acids is 2. The van der Waals surface area contributed by atoms with Gasteiger partial charge >= 0.3 is 0 Å². The molecular formula is C19H24FN3O2S2. The molecule has 0 radical (unpaired) electrons. The van der Waals surface area contributed by atoms with Gasteiger partial charge in [-0.25, -0.2) is 4.39 Å². The van der Waals surface area contributed by atoms with Crippen molar-refractivity contribution in [2.24, 2.45) is 4.99 Å². The van der Waals surface area contributed by atoms with E-state index >= 15 is 0 Å². The molecule has 0 saturated carbocycles. The standard InChI is InChI=1S/C19H24FN3O2S2/c1-2-23-15-8-7-14(20)11-16(15)27-19(23)21-17(24)12-26-13-18(25)22-9-5-3-4-6-10-22/h7-8,11H,2-6,9-10,12-13H2,1H3. The van der Waals surface area contributed by atoms with Gasteiger partial charge in [0.25, 0.3) is 5.91 Å². The lowest BCUT2D eigenvalue weighted by Crippen LogP contribution is -2.33. The van der Waals surface area contributed by atoms with Crippen LogP contribution in [0.3, 0.4) is 0 Å². The van der Waals surface area contributed by atoms with Gasteiger partial charge in [-0.3, -0.25) is 9.59 Å². The quantitative estimate of drug-likeness (QED) is 0.760. The highest BCUT2D eigenvalue weighted by Gasteiger charge is 2.16. The van der Waals surface area contributed by atoms with Crippen LogP contribution in [0.2, 0.25) is 0 Å². The van der Waals surface area contributed by atoms with Crippen LogP contribution in [0.15, 0.2) is 23.2 Å². The number of thiazole rings is 1. The fraction of sp³-hybridized carbons (Fsp3) is 0.526. The number of amides is 2. The van der Waals surface area contributed by atoms with Gasteiger partial charge in [0.15, 0.2) is 4.80 Å². The first-order chi connectivity index (χ1) is 13.1. The Hall–Kier alpha value is -1.67. The number of halogens is 1. The summed E-state index contributed by atoms with van der Waals surface area (Å²) in [5.74, 6) is 0.0273. The highest BCUT2D eigenvalue weighted by atomic mass is 32.2. The van der Waals surface area contributed by atoms with Gasteiger partial charge in [-0.15, -0.1) is 11.8 Å². The van der Waals surface area contributed by atoms with Gasteiger partial charge in [-0.2, -0.15) is 4.99 Å². The minimum Gasteiger partial charge on any atom is -0.342 e. The van der Waals surface area contributed by atoms with Gasteiger partial charge in [0, 0.05) is 19.6 Å². The second-order valence-corrected chi connectivity index (χ2v) is 8.53. The van der Waals surface area contributed by atoms with Gasteiger partial charge in [-0.1, -0.05) is 24.2 Å². The predicted molar refractivity (Wildman–Crippen MR) is 108 cm³/mol. The molecule has 2 amide bonds. The minimum absolute atomic E-state index is 0.107. The summed E-state index contributed by atoms with van der Waals surface area (Å²) in [5.41, 5.74) is 0.874. The first kappa shape index (κ1) is 20.1. The maximum absolute atomic E-state index is 13.4. The summed E-state index contributed by atoms with van der Waals surface area (Å²) < 4.78 is 16.1. The number of rotatable bonds is 5. The van der Waals surface area contributed by atoms with Crippen molar-refractivity contribution in [2.45, 2.75) is 39.2 Å². The number of hydrogen-bond donors (Lipinski definition) is 0. The Morgan fingerprint density at radius 2 is 1.93 bits per heavy atom. The first-order valence-electron chi connectivity index (χ1n) is 9.30. The fourth-order valence-corrected chi connectivity index (χ4v) is 5.05. The van der Waals surface area contributed by atoms with Crippen molar-refractivity contribution in [3.8, 4) is 0 Å². The predicted octanol–water partition coefficient (Wildman–Crippen LogP) is 3.42. The molecule has 0 unspecified atom stereocenters. The lowest BCUT2D eigenvalue weighted by molar-refractivity contribution is -0.128. The number of aryl methyl sites for hydroxylation is 1. The van der Waals surface area contributed by atoms with E-state index in [1.807, 2.05) is 16.4 Å². The molecule has 8 heteroatoms. The van der Waals surface area contributed by atoms with Gasteiger partial charge in [0.05, 0.1) is 21.7 Å². The monoisotopic (exact) mass is 409 g/mol. The van der Waals surface area contributed by atoms with Gasteiger partial charge in [0.2, 0.25) is 5.91 Å². The summed E-state index contributed by atoms with van der Waals surface area (Å²) >= 11 is 2.62. The molecular weight excluding hydrogens is 385 g/mol. The second kappa shape index (κ2) is 9.50. The molecule has 0 aliphatic carbocycles. The molecule has 1 aliphatic heterocycles. The van der Waals surface area contributed by atoms with E-state index in [0.29, 0.717) is 17.1 Å². The maximum atomic E-state index is 13.4. The number of benzene rings is 1. The average Bonchev–Trinajstić information content (AvgIpc) is 2.81. The van der Waals surface area contributed by atoms with Crippen LogP contribution in [0.4, 0.5) is 4.39 Å². The zero-order valence-electron chi connectivity index (χ0n) is 15.4. The van der Waals surface area contributed by atoms with Crippen molar-refractivity contribution in [3.63, 3.8) is 0 Å². The van der Waals surface area contributed by atoms with Crippen molar-refractivity contribution < 1.29 is 14.0 Å². The van der Waals surface area contributed by atoms with Crippen LogP contribution in [-0.2, 0) is 16.1 Å². The highest BCUT2D eigenvalue weighted by molar-refractivity contribution is 8.00. The van der Waals surface area contributed by atoms with Crippen LogP contribution in [0, 0.1) is 5.82 Å². The minimum atomic E-state index is -0.299. The summed E-state index contributed by atoms with van der Waals surface area (Å²) in [6.45, 7) is 4.27. The summed E-state index contributed by atoms with van der Waals surface area (Å²) in [6, 6.07) is 4.59. The van der Waals surface area contributed by atoms with E-state index < -0.39 is 0 Å². The van der Waals surface area contributed by atoms with E-state index in [-0.39, 0.29) is 23.4 Å². The molecule has 1 saturated heterocycles. The molecule has 1 aromatic heterocycles. The summed E-state index contributed by atoms with van der Waals surface area (Å²) in [4.78, 5) is 31.2. The van der Waals surface area contributed by atoms with E-state index in [0.717, 1.165) is 36.1 Å². The van der Waals surface area contributed by atoms with E-state index in [1.165, 1.54) is 48.1 Å². The third-order valence-corrected chi connectivity index (χ3v) is 6.53. The first-order valence-corrected chi connectivity index (χ1v) is 11.3. The Morgan fingerprint density at radius 3 is 2.63 bits per heavy atom. The lowest BCUT2D eigenvalue weighted by atomic mass is 10.2. The molecule has 2 heterocycles. The number of carbonyl (C=O) groups is 2. The molecule has 0 bridgehead atoms. The largest absolute Gasteiger partial charge is 0.342 e. The molecule has 1 aliphatic rings. The van der Waals surface area contributed by atoms with Crippen LogP contribution in [-0.4, -0.2) is 45.9 Å². The molecule has 3 rings (SSSR count). The van der Waals surface area contributed by atoms with Crippen LogP contribution in [0.1, 0.15) is 32.6 Å². The third-order valence-electron chi connectivity index (χ3n) is 4.59.